The molecule has 30 heavy (non-hydrogen) atoms. The van der Waals surface area contributed by atoms with Crippen molar-refractivity contribution in [2.24, 2.45) is 0 Å². The van der Waals surface area contributed by atoms with Crippen LogP contribution in [0.5, 0.6) is 0 Å². The van der Waals surface area contributed by atoms with Crippen LogP contribution < -0.4 is 15.1 Å². The molecular formula is C18H22Cl2FN3O5S. The van der Waals surface area contributed by atoms with Gasteiger partial charge in [0.05, 0.1) is 30.2 Å². The van der Waals surface area contributed by atoms with Crippen LogP contribution >= 0.6 is 23.2 Å². The predicted octanol–water partition coefficient (Wildman–Crippen LogP) is 2.80. The smallest absolute Gasteiger partial charge is 0.414 e. The van der Waals surface area contributed by atoms with Crippen LogP contribution in [0, 0.1) is 5.82 Å². The van der Waals surface area contributed by atoms with E-state index in [0.29, 0.717) is 0 Å². The third kappa shape index (κ3) is 5.99. The van der Waals surface area contributed by atoms with Gasteiger partial charge in [-0.1, -0.05) is 37.0 Å². The summed E-state index contributed by atoms with van der Waals surface area (Å²) in [6.45, 7) is 4.25. The highest BCUT2D eigenvalue weighted by atomic mass is 35.5. The minimum Gasteiger partial charge on any atom is -0.442 e. The maximum absolute atomic E-state index is 14.6. The lowest BCUT2D eigenvalue weighted by Crippen LogP contribution is -2.37. The average molecular weight is 482 g/mol. The lowest BCUT2D eigenvalue weighted by atomic mass is 10.2. The van der Waals surface area contributed by atoms with Gasteiger partial charge in [-0.15, -0.1) is 0 Å². The molecule has 0 saturated carbocycles. The SMILES string of the molecule is CC.O=C(NCC1CN(c2ccc(N3C=CS(=O)(=O)CC3)c(F)c2)C(=O)O1)C(Cl)Cl. The van der Waals surface area contributed by atoms with E-state index in [4.69, 9.17) is 27.9 Å². The number of rotatable bonds is 5. The number of ether oxygens (including phenoxy) is 1. The van der Waals surface area contributed by atoms with Crippen LogP contribution in [0.1, 0.15) is 13.8 Å². The summed E-state index contributed by atoms with van der Waals surface area (Å²) < 4.78 is 42.6. The van der Waals surface area contributed by atoms with Crippen molar-refractivity contribution in [2.75, 3.05) is 35.2 Å². The van der Waals surface area contributed by atoms with Gasteiger partial charge >= 0.3 is 6.09 Å². The van der Waals surface area contributed by atoms with E-state index in [1.165, 1.54) is 34.2 Å². The molecule has 1 unspecified atom stereocenters. The molecule has 0 aromatic heterocycles. The molecule has 2 aliphatic rings. The van der Waals surface area contributed by atoms with Crippen molar-refractivity contribution >= 4 is 56.4 Å². The van der Waals surface area contributed by atoms with Crippen LogP contribution in [-0.2, 0) is 19.4 Å². The van der Waals surface area contributed by atoms with E-state index >= 15 is 0 Å². The number of carbonyl (C=O) groups excluding carboxylic acids is 2. The molecule has 1 fully saturated rings. The lowest BCUT2D eigenvalue weighted by molar-refractivity contribution is -0.119. The number of amides is 2. The van der Waals surface area contributed by atoms with Crippen LogP contribution in [0.2, 0.25) is 0 Å². The minimum absolute atomic E-state index is 0.0185. The first-order valence-electron chi connectivity index (χ1n) is 9.17. The number of nitrogens with one attached hydrogen (secondary N) is 1. The molecule has 2 heterocycles. The zero-order valence-corrected chi connectivity index (χ0v) is 18.7. The number of hydrogen-bond donors (Lipinski definition) is 1. The van der Waals surface area contributed by atoms with E-state index < -0.39 is 38.6 Å². The highest BCUT2D eigenvalue weighted by Gasteiger charge is 2.33. The molecular weight excluding hydrogens is 460 g/mol. The monoisotopic (exact) mass is 481 g/mol. The van der Waals surface area contributed by atoms with E-state index in [1.54, 1.807) is 0 Å². The number of carbonyl (C=O) groups is 2. The van der Waals surface area contributed by atoms with Crippen molar-refractivity contribution in [2.45, 2.75) is 24.8 Å². The second kappa shape index (κ2) is 10.3. The normalized spacial score (nSPS) is 19.9. The molecule has 12 heteroatoms. The second-order valence-corrected chi connectivity index (χ2v) is 9.25. The van der Waals surface area contributed by atoms with Crippen molar-refractivity contribution in [3.05, 3.63) is 35.6 Å². The Hall–Kier alpha value is -2.04. The summed E-state index contributed by atoms with van der Waals surface area (Å²) in [5, 5.41) is 3.48. The van der Waals surface area contributed by atoms with Gasteiger partial charge in [0.15, 0.2) is 14.7 Å². The molecule has 2 aliphatic heterocycles. The molecule has 0 bridgehead atoms. The first-order valence-corrected chi connectivity index (χ1v) is 11.8. The van der Waals surface area contributed by atoms with Gasteiger partial charge in [-0.25, -0.2) is 17.6 Å². The van der Waals surface area contributed by atoms with E-state index in [-0.39, 0.29) is 36.8 Å². The van der Waals surface area contributed by atoms with Crippen molar-refractivity contribution in [3.8, 4) is 0 Å². The lowest BCUT2D eigenvalue weighted by Gasteiger charge is -2.24. The van der Waals surface area contributed by atoms with Gasteiger partial charge in [-0.3, -0.25) is 9.69 Å². The summed E-state index contributed by atoms with van der Waals surface area (Å²) >= 11 is 10.9. The number of benzene rings is 1. The van der Waals surface area contributed by atoms with Gasteiger partial charge in [-0.05, 0) is 18.2 Å². The average Bonchev–Trinajstić information content (AvgIpc) is 3.08. The Morgan fingerprint density at radius 1 is 1.37 bits per heavy atom. The Morgan fingerprint density at radius 2 is 2.07 bits per heavy atom. The van der Waals surface area contributed by atoms with E-state index in [0.717, 1.165) is 5.41 Å². The molecule has 3 rings (SSSR count). The van der Waals surface area contributed by atoms with Crippen molar-refractivity contribution in [3.63, 3.8) is 0 Å². The first kappa shape index (κ1) is 24.2. The molecule has 1 atom stereocenters. The van der Waals surface area contributed by atoms with Crippen LogP contribution in [0.25, 0.3) is 0 Å². The molecule has 0 spiro atoms. The Morgan fingerprint density at radius 3 is 2.63 bits per heavy atom. The fourth-order valence-corrected chi connectivity index (χ4v) is 3.84. The summed E-state index contributed by atoms with van der Waals surface area (Å²) in [6.07, 6.45) is -0.00835. The number of anilines is 2. The standard InChI is InChI=1S/C16H16Cl2FN3O5S.C2H6/c17-14(18)15(23)20-8-11-9-22(16(24)27-11)10-1-2-13(12(19)7-10)21-3-5-28(25,26)6-4-21;1-2/h1-3,5,7,11,14H,4,6,8-9H2,(H,20,23);1-2H3. The number of hydrogen-bond acceptors (Lipinski definition) is 6. The van der Waals surface area contributed by atoms with Gasteiger partial charge in [0, 0.05) is 18.2 Å². The molecule has 1 saturated heterocycles. The summed E-state index contributed by atoms with van der Waals surface area (Å²) in [4.78, 5) is 24.9. The van der Waals surface area contributed by atoms with Gasteiger partial charge in [0.25, 0.3) is 5.91 Å². The molecule has 0 radical (unpaired) electrons. The maximum Gasteiger partial charge on any atom is 0.414 e. The first-order chi connectivity index (χ1) is 14.2. The third-order valence-corrected chi connectivity index (χ3v) is 5.88. The largest absolute Gasteiger partial charge is 0.442 e. The predicted molar refractivity (Wildman–Crippen MR) is 114 cm³/mol. The Labute approximate surface area is 184 Å². The summed E-state index contributed by atoms with van der Waals surface area (Å²) in [6, 6.07) is 4.16. The van der Waals surface area contributed by atoms with Crippen LogP contribution in [-0.4, -0.2) is 56.7 Å². The number of sulfone groups is 1. The van der Waals surface area contributed by atoms with E-state index in [2.05, 4.69) is 5.32 Å². The highest BCUT2D eigenvalue weighted by Crippen LogP contribution is 2.29. The maximum atomic E-state index is 14.6. The number of cyclic esters (lactones) is 1. The minimum atomic E-state index is -3.25. The molecule has 2 amide bonds. The molecule has 1 aromatic rings. The van der Waals surface area contributed by atoms with Crippen molar-refractivity contribution in [1.29, 1.82) is 0 Å². The topological polar surface area (TPSA) is 96.0 Å². The Kier molecular flexibility index (Phi) is 8.34. The molecule has 166 valence electrons. The zero-order valence-electron chi connectivity index (χ0n) is 16.3. The molecule has 0 aliphatic carbocycles. The van der Waals surface area contributed by atoms with Crippen LogP contribution in [0.4, 0.5) is 20.6 Å². The van der Waals surface area contributed by atoms with Crippen molar-refractivity contribution in [1.82, 2.24) is 5.32 Å². The van der Waals surface area contributed by atoms with E-state index in [9.17, 15) is 22.4 Å². The molecule has 1 aromatic carbocycles. The fraction of sp³-hybridized carbons (Fsp3) is 0.444. The molecule has 1 N–H and O–H groups in total. The summed E-state index contributed by atoms with van der Waals surface area (Å²) in [5.74, 6) is -1.33. The second-order valence-electron chi connectivity index (χ2n) is 6.14. The number of alkyl halides is 2. The van der Waals surface area contributed by atoms with Crippen LogP contribution in [0.15, 0.2) is 29.8 Å². The van der Waals surface area contributed by atoms with Gasteiger partial charge in [0.1, 0.15) is 11.9 Å². The highest BCUT2D eigenvalue weighted by molar-refractivity contribution is 7.94. The Balaban J connectivity index is 0.00000155. The number of nitrogens with zero attached hydrogens (tertiary/aromatic N) is 2. The zero-order chi connectivity index (χ0) is 22.5. The molecule has 8 nitrogen and oxygen atoms in total. The van der Waals surface area contributed by atoms with E-state index in [1.807, 2.05) is 13.8 Å². The van der Waals surface area contributed by atoms with Crippen molar-refractivity contribution < 1.29 is 27.1 Å². The fourth-order valence-electron chi connectivity index (χ4n) is 2.76. The summed E-state index contributed by atoms with van der Waals surface area (Å²) in [7, 11) is -3.25. The van der Waals surface area contributed by atoms with Gasteiger partial charge < -0.3 is 15.0 Å². The van der Waals surface area contributed by atoms with Crippen LogP contribution in [0.3, 0.4) is 0 Å². The van der Waals surface area contributed by atoms with Gasteiger partial charge in [-0.2, -0.15) is 0 Å². The Bertz CT molecular complexity index is 926. The quantitative estimate of drug-likeness (QED) is 0.649. The van der Waals surface area contributed by atoms with Gasteiger partial charge in [0.2, 0.25) is 0 Å². The third-order valence-electron chi connectivity index (χ3n) is 4.19. The summed E-state index contributed by atoms with van der Waals surface area (Å²) in [5.41, 5.74) is 0.475. The number of halogens is 3.